The Morgan fingerprint density at radius 2 is 1.95 bits per heavy atom. The number of ether oxygens (including phenoxy) is 1. The maximum Gasteiger partial charge on any atom is 0.138 e. The first-order valence-corrected chi connectivity index (χ1v) is 8.35. The van der Waals surface area contributed by atoms with Crippen molar-refractivity contribution in [3.8, 4) is 5.75 Å². The monoisotopic (exact) mass is 275 g/mol. The Balaban J connectivity index is 1.82. The van der Waals surface area contributed by atoms with Crippen LogP contribution in [0.5, 0.6) is 5.75 Å². The third kappa shape index (κ3) is 4.22. The van der Waals surface area contributed by atoms with Gasteiger partial charge < -0.3 is 4.74 Å². The van der Waals surface area contributed by atoms with E-state index in [4.69, 9.17) is 4.74 Å². The van der Waals surface area contributed by atoms with Crippen LogP contribution in [0.1, 0.15) is 70.1 Å². The van der Waals surface area contributed by atoms with Gasteiger partial charge in [0.25, 0.3) is 0 Å². The van der Waals surface area contributed by atoms with E-state index in [9.17, 15) is 0 Å². The Bertz CT molecular complexity index is 408. The molecule has 0 N–H and O–H groups in total. The van der Waals surface area contributed by atoms with Crippen molar-refractivity contribution in [2.75, 3.05) is 0 Å². The zero-order valence-corrected chi connectivity index (χ0v) is 13.3. The molecule has 0 radical (unpaired) electrons. The lowest BCUT2D eigenvalue weighted by Crippen LogP contribution is -2.24. The van der Waals surface area contributed by atoms with Gasteiger partial charge in [0.05, 0.1) is 12.3 Å². The lowest BCUT2D eigenvalue weighted by Gasteiger charge is -2.29. The highest BCUT2D eigenvalue weighted by molar-refractivity contribution is 5.28. The number of rotatable bonds is 6. The summed E-state index contributed by atoms with van der Waals surface area (Å²) >= 11 is 0. The van der Waals surface area contributed by atoms with Crippen molar-refractivity contribution in [1.82, 2.24) is 4.98 Å². The standard InChI is InChI=1S/C18H29NO/c1-4-6-7-15-8-10-16(11-9-15)20-17-12-14(3)18(5-2)19-13-17/h12-13,15-16H,4-11H2,1-3H3. The second-order valence-corrected chi connectivity index (χ2v) is 6.19. The van der Waals surface area contributed by atoms with Gasteiger partial charge in [-0.05, 0) is 56.6 Å². The maximum atomic E-state index is 6.13. The van der Waals surface area contributed by atoms with Crippen LogP contribution in [0.4, 0.5) is 0 Å². The molecule has 112 valence electrons. The van der Waals surface area contributed by atoms with Gasteiger partial charge in [0.1, 0.15) is 5.75 Å². The van der Waals surface area contributed by atoms with Gasteiger partial charge in [0, 0.05) is 5.69 Å². The Hall–Kier alpha value is -1.05. The number of aryl methyl sites for hydroxylation is 2. The molecule has 1 aliphatic rings. The smallest absolute Gasteiger partial charge is 0.138 e. The zero-order valence-electron chi connectivity index (χ0n) is 13.3. The molecule has 1 heterocycles. The number of pyridine rings is 1. The molecule has 1 aromatic rings. The van der Waals surface area contributed by atoms with E-state index < -0.39 is 0 Å². The van der Waals surface area contributed by atoms with Gasteiger partial charge in [-0.2, -0.15) is 0 Å². The van der Waals surface area contributed by atoms with Gasteiger partial charge in [-0.25, -0.2) is 0 Å². The van der Waals surface area contributed by atoms with Crippen LogP contribution in [0.25, 0.3) is 0 Å². The van der Waals surface area contributed by atoms with E-state index in [1.54, 1.807) is 0 Å². The number of aromatic nitrogens is 1. The molecule has 2 rings (SSSR count). The molecule has 0 amide bonds. The highest BCUT2D eigenvalue weighted by atomic mass is 16.5. The van der Waals surface area contributed by atoms with Gasteiger partial charge in [-0.1, -0.05) is 33.1 Å². The molecular weight excluding hydrogens is 246 g/mol. The second kappa shape index (κ2) is 7.66. The molecule has 0 aromatic carbocycles. The number of hydrogen-bond acceptors (Lipinski definition) is 2. The van der Waals surface area contributed by atoms with E-state index in [-0.39, 0.29) is 0 Å². The fourth-order valence-corrected chi connectivity index (χ4v) is 3.24. The highest BCUT2D eigenvalue weighted by Crippen LogP contribution is 2.30. The molecule has 2 nitrogen and oxygen atoms in total. The fraction of sp³-hybridized carbons (Fsp3) is 0.722. The lowest BCUT2D eigenvalue weighted by molar-refractivity contribution is 0.127. The van der Waals surface area contributed by atoms with E-state index in [0.29, 0.717) is 6.10 Å². The van der Waals surface area contributed by atoms with Gasteiger partial charge in [-0.15, -0.1) is 0 Å². The van der Waals surface area contributed by atoms with Crippen molar-refractivity contribution in [2.24, 2.45) is 5.92 Å². The largest absolute Gasteiger partial charge is 0.489 e. The van der Waals surface area contributed by atoms with E-state index in [2.05, 4.69) is 31.8 Å². The molecule has 1 aliphatic carbocycles. The zero-order chi connectivity index (χ0) is 14.4. The summed E-state index contributed by atoms with van der Waals surface area (Å²) in [5.41, 5.74) is 2.43. The van der Waals surface area contributed by atoms with Gasteiger partial charge >= 0.3 is 0 Å². The topological polar surface area (TPSA) is 22.1 Å². The van der Waals surface area contributed by atoms with Crippen LogP contribution < -0.4 is 4.74 Å². The molecule has 0 spiro atoms. The van der Waals surface area contributed by atoms with Gasteiger partial charge in [0.2, 0.25) is 0 Å². The molecule has 2 heteroatoms. The maximum absolute atomic E-state index is 6.13. The second-order valence-electron chi connectivity index (χ2n) is 6.19. The summed E-state index contributed by atoms with van der Waals surface area (Å²) in [5.74, 6) is 1.90. The minimum absolute atomic E-state index is 0.404. The quantitative estimate of drug-likeness (QED) is 0.722. The van der Waals surface area contributed by atoms with E-state index in [1.807, 2.05) is 6.20 Å². The minimum Gasteiger partial charge on any atom is -0.489 e. The molecule has 20 heavy (non-hydrogen) atoms. The highest BCUT2D eigenvalue weighted by Gasteiger charge is 2.22. The van der Waals surface area contributed by atoms with Crippen LogP contribution in [0.2, 0.25) is 0 Å². The molecule has 0 unspecified atom stereocenters. The molecule has 1 aromatic heterocycles. The molecule has 1 fully saturated rings. The first-order chi connectivity index (χ1) is 9.72. The summed E-state index contributed by atoms with van der Waals surface area (Å²) in [7, 11) is 0. The Labute approximate surface area is 124 Å². The summed E-state index contributed by atoms with van der Waals surface area (Å²) in [5, 5.41) is 0. The van der Waals surface area contributed by atoms with Crippen molar-refractivity contribution in [2.45, 2.75) is 78.2 Å². The van der Waals surface area contributed by atoms with Gasteiger partial charge in [-0.3, -0.25) is 4.98 Å². The molecular formula is C18H29NO. The summed E-state index contributed by atoms with van der Waals surface area (Å²) in [6.07, 6.45) is 12.5. The van der Waals surface area contributed by atoms with E-state index >= 15 is 0 Å². The Morgan fingerprint density at radius 3 is 2.55 bits per heavy atom. The lowest BCUT2D eigenvalue weighted by atomic mass is 9.84. The molecule has 1 saturated carbocycles. The molecule has 0 atom stereocenters. The van der Waals surface area contributed by atoms with E-state index in [1.165, 1.54) is 56.2 Å². The number of hydrogen-bond donors (Lipinski definition) is 0. The average molecular weight is 275 g/mol. The van der Waals surface area contributed by atoms with E-state index in [0.717, 1.165) is 18.1 Å². The van der Waals surface area contributed by atoms with Crippen LogP contribution in [-0.4, -0.2) is 11.1 Å². The van der Waals surface area contributed by atoms with Crippen LogP contribution >= 0.6 is 0 Å². The van der Waals surface area contributed by atoms with Crippen molar-refractivity contribution >= 4 is 0 Å². The summed E-state index contributed by atoms with van der Waals surface area (Å²) in [6, 6.07) is 2.15. The third-order valence-electron chi connectivity index (χ3n) is 4.56. The molecule has 0 saturated heterocycles. The van der Waals surface area contributed by atoms with Crippen molar-refractivity contribution in [3.05, 3.63) is 23.5 Å². The third-order valence-corrected chi connectivity index (χ3v) is 4.56. The SMILES string of the molecule is CCCCC1CCC(Oc2cnc(CC)c(C)c2)CC1. The molecule has 0 bridgehead atoms. The van der Waals surface area contributed by atoms with Crippen molar-refractivity contribution < 1.29 is 4.74 Å². The Kier molecular flexibility index (Phi) is 5.87. The van der Waals surface area contributed by atoms with Crippen LogP contribution in [0.3, 0.4) is 0 Å². The summed E-state index contributed by atoms with van der Waals surface area (Å²) in [6.45, 7) is 6.55. The fourth-order valence-electron chi connectivity index (χ4n) is 3.24. The van der Waals surface area contributed by atoms with Crippen LogP contribution in [-0.2, 0) is 6.42 Å². The predicted octanol–water partition coefficient (Wildman–Crippen LogP) is 5.08. The summed E-state index contributed by atoms with van der Waals surface area (Å²) < 4.78 is 6.13. The minimum atomic E-state index is 0.404. The summed E-state index contributed by atoms with van der Waals surface area (Å²) in [4.78, 5) is 4.49. The van der Waals surface area contributed by atoms with Crippen molar-refractivity contribution in [3.63, 3.8) is 0 Å². The normalized spacial score (nSPS) is 22.8. The van der Waals surface area contributed by atoms with Crippen molar-refractivity contribution in [1.29, 1.82) is 0 Å². The van der Waals surface area contributed by atoms with Crippen LogP contribution in [0, 0.1) is 12.8 Å². The van der Waals surface area contributed by atoms with Gasteiger partial charge in [0.15, 0.2) is 0 Å². The molecule has 0 aliphatic heterocycles. The Morgan fingerprint density at radius 1 is 1.20 bits per heavy atom. The number of nitrogens with zero attached hydrogens (tertiary/aromatic N) is 1. The van der Waals surface area contributed by atoms with Crippen LogP contribution in [0.15, 0.2) is 12.3 Å². The first-order valence-electron chi connectivity index (χ1n) is 8.35. The average Bonchev–Trinajstić information content (AvgIpc) is 2.47. The first kappa shape index (κ1) is 15.3. The number of unbranched alkanes of at least 4 members (excludes halogenated alkanes) is 1. The predicted molar refractivity (Wildman–Crippen MR) is 84.3 cm³/mol.